The van der Waals surface area contributed by atoms with Crippen molar-refractivity contribution >= 4 is 24.2 Å². The van der Waals surface area contributed by atoms with Crippen molar-refractivity contribution < 1.29 is 9.59 Å². The van der Waals surface area contributed by atoms with Gasteiger partial charge in [0.2, 0.25) is 11.8 Å². The van der Waals surface area contributed by atoms with Gasteiger partial charge in [-0.2, -0.15) is 0 Å². The van der Waals surface area contributed by atoms with Crippen molar-refractivity contribution in [1.82, 2.24) is 15.5 Å². The molecule has 5 nitrogen and oxygen atoms in total. The van der Waals surface area contributed by atoms with Crippen LogP contribution in [0.15, 0.2) is 0 Å². The van der Waals surface area contributed by atoms with E-state index in [2.05, 4.69) is 10.6 Å². The second-order valence-electron chi connectivity index (χ2n) is 5.71. The maximum Gasteiger partial charge on any atom is 0.225 e. The van der Waals surface area contributed by atoms with Gasteiger partial charge in [0.25, 0.3) is 0 Å². The van der Waals surface area contributed by atoms with Gasteiger partial charge in [-0.25, -0.2) is 0 Å². The molecule has 0 spiro atoms. The number of nitrogens with zero attached hydrogens (tertiary/aromatic N) is 1. The smallest absolute Gasteiger partial charge is 0.225 e. The molecule has 3 rings (SSSR count). The number of halogens is 1. The van der Waals surface area contributed by atoms with Crippen LogP contribution in [0.5, 0.6) is 0 Å². The van der Waals surface area contributed by atoms with E-state index in [-0.39, 0.29) is 36.2 Å². The van der Waals surface area contributed by atoms with E-state index in [1.807, 2.05) is 4.90 Å². The summed E-state index contributed by atoms with van der Waals surface area (Å²) in [6.07, 6.45) is 4.60. The van der Waals surface area contributed by atoms with Crippen molar-refractivity contribution in [1.29, 1.82) is 0 Å². The molecule has 0 aromatic carbocycles. The zero-order chi connectivity index (χ0) is 12.5. The molecule has 0 radical (unpaired) electrons. The highest BCUT2D eigenvalue weighted by Crippen LogP contribution is 2.30. The molecule has 0 bridgehead atoms. The number of hydrogen-bond donors (Lipinski definition) is 2. The highest BCUT2D eigenvalue weighted by Gasteiger charge is 2.40. The monoisotopic (exact) mass is 287 g/mol. The van der Waals surface area contributed by atoms with Gasteiger partial charge in [-0.3, -0.25) is 9.59 Å². The van der Waals surface area contributed by atoms with Crippen LogP contribution >= 0.6 is 12.4 Å². The maximum absolute atomic E-state index is 12.1. The molecule has 1 unspecified atom stereocenters. The highest BCUT2D eigenvalue weighted by molar-refractivity contribution is 5.85. The lowest BCUT2D eigenvalue weighted by Crippen LogP contribution is -2.43. The number of rotatable bonds is 3. The lowest BCUT2D eigenvalue weighted by molar-refractivity contribution is -0.128. The Morgan fingerprint density at radius 2 is 1.89 bits per heavy atom. The summed E-state index contributed by atoms with van der Waals surface area (Å²) in [6, 6.07) is 0.513. The topological polar surface area (TPSA) is 61.4 Å². The predicted octanol–water partition coefficient (Wildman–Crippen LogP) is 0.287. The molecule has 3 aliphatic rings. The first-order valence-electron chi connectivity index (χ1n) is 7.04. The summed E-state index contributed by atoms with van der Waals surface area (Å²) < 4.78 is 0. The van der Waals surface area contributed by atoms with Gasteiger partial charge < -0.3 is 15.5 Å². The number of piperidine rings is 1. The molecule has 0 aromatic heterocycles. The quantitative estimate of drug-likeness (QED) is 0.784. The first kappa shape index (κ1) is 14.6. The second-order valence-corrected chi connectivity index (χ2v) is 5.71. The Kier molecular flexibility index (Phi) is 4.68. The van der Waals surface area contributed by atoms with Crippen molar-refractivity contribution in [2.45, 2.75) is 44.2 Å². The number of carbonyl (C=O) groups is 2. The fourth-order valence-electron chi connectivity index (χ4n) is 2.97. The predicted molar refractivity (Wildman–Crippen MR) is 74.1 cm³/mol. The molecule has 1 aliphatic carbocycles. The van der Waals surface area contributed by atoms with Crippen LogP contribution in [0.25, 0.3) is 0 Å². The van der Waals surface area contributed by atoms with E-state index in [0.29, 0.717) is 12.5 Å². The lowest BCUT2D eigenvalue weighted by Gasteiger charge is -2.23. The molecule has 6 heteroatoms. The van der Waals surface area contributed by atoms with Gasteiger partial charge in [0.05, 0.1) is 6.04 Å². The van der Waals surface area contributed by atoms with Crippen LogP contribution in [0.1, 0.15) is 32.1 Å². The van der Waals surface area contributed by atoms with Gasteiger partial charge >= 0.3 is 0 Å². The summed E-state index contributed by atoms with van der Waals surface area (Å²) in [4.78, 5) is 25.8. The summed E-state index contributed by atoms with van der Waals surface area (Å²) in [7, 11) is 0. The zero-order valence-electron chi connectivity index (χ0n) is 11.1. The molecule has 2 aliphatic heterocycles. The molecule has 2 saturated heterocycles. The van der Waals surface area contributed by atoms with E-state index >= 15 is 0 Å². The van der Waals surface area contributed by atoms with Crippen LogP contribution in [0.3, 0.4) is 0 Å². The molecule has 3 fully saturated rings. The first-order chi connectivity index (χ1) is 8.74. The number of nitrogens with one attached hydrogen (secondary N) is 2. The standard InChI is InChI=1S/C13H21N3O2.ClH/c17-12-7-10(8-16(12)11-1-2-11)15-13(18)9-3-5-14-6-4-9;/h9-11,14H,1-8H2,(H,15,18);1H. The Balaban J connectivity index is 0.00000133. The molecule has 1 saturated carbocycles. The molecule has 1 atom stereocenters. The minimum Gasteiger partial charge on any atom is -0.351 e. The summed E-state index contributed by atoms with van der Waals surface area (Å²) in [6.45, 7) is 2.58. The average Bonchev–Trinajstić information content (AvgIpc) is 3.15. The van der Waals surface area contributed by atoms with Crippen molar-refractivity contribution in [2.75, 3.05) is 19.6 Å². The summed E-state index contributed by atoms with van der Waals surface area (Å²) in [5.74, 6) is 0.497. The van der Waals surface area contributed by atoms with E-state index in [1.54, 1.807) is 0 Å². The molecule has 2 heterocycles. The second kappa shape index (κ2) is 6.09. The normalized spacial score (nSPS) is 28.1. The number of hydrogen-bond acceptors (Lipinski definition) is 3. The average molecular weight is 288 g/mol. The van der Waals surface area contributed by atoms with Gasteiger partial charge in [0.1, 0.15) is 0 Å². The molecular formula is C13H22ClN3O2. The minimum atomic E-state index is 0. The van der Waals surface area contributed by atoms with Crippen LogP contribution < -0.4 is 10.6 Å². The molecule has 0 aromatic rings. The Hall–Kier alpha value is -0.810. The SMILES string of the molecule is Cl.O=C(NC1CC(=O)N(C2CC2)C1)C1CCNCC1. The number of carbonyl (C=O) groups excluding carboxylic acids is 2. The Morgan fingerprint density at radius 3 is 2.53 bits per heavy atom. The summed E-state index contributed by atoms with van der Waals surface area (Å²) in [5.41, 5.74) is 0. The highest BCUT2D eigenvalue weighted by atomic mass is 35.5. The van der Waals surface area contributed by atoms with Gasteiger partial charge in [0, 0.05) is 24.9 Å². The van der Waals surface area contributed by atoms with Gasteiger partial charge in [-0.05, 0) is 38.8 Å². The Morgan fingerprint density at radius 1 is 1.21 bits per heavy atom. The molecule has 2 amide bonds. The molecule has 108 valence electrons. The zero-order valence-corrected chi connectivity index (χ0v) is 11.9. The molecule has 19 heavy (non-hydrogen) atoms. The van der Waals surface area contributed by atoms with Gasteiger partial charge in [-0.15, -0.1) is 12.4 Å². The van der Waals surface area contributed by atoms with Crippen LogP contribution in [-0.4, -0.2) is 48.4 Å². The van der Waals surface area contributed by atoms with Crippen molar-refractivity contribution in [3.05, 3.63) is 0 Å². The number of amides is 2. The minimum absolute atomic E-state index is 0. The first-order valence-corrected chi connectivity index (χ1v) is 7.04. The van der Waals surface area contributed by atoms with Crippen molar-refractivity contribution in [2.24, 2.45) is 5.92 Å². The van der Waals surface area contributed by atoms with E-state index < -0.39 is 0 Å². The van der Waals surface area contributed by atoms with E-state index in [4.69, 9.17) is 0 Å². The summed E-state index contributed by atoms with van der Waals surface area (Å²) >= 11 is 0. The van der Waals surface area contributed by atoms with E-state index in [0.717, 1.165) is 45.3 Å². The fourth-order valence-corrected chi connectivity index (χ4v) is 2.97. The van der Waals surface area contributed by atoms with Crippen LogP contribution in [0.4, 0.5) is 0 Å². The lowest BCUT2D eigenvalue weighted by atomic mass is 9.97. The fraction of sp³-hybridized carbons (Fsp3) is 0.846. The Labute approximate surface area is 119 Å². The molecular weight excluding hydrogens is 266 g/mol. The van der Waals surface area contributed by atoms with Crippen LogP contribution in [0.2, 0.25) is 0 Å². The third-order valence-electron chi connectivity index (χ3n) is 4.20. The van der Waals surface area contributed by atoms with Crippen LogP contribution in [-0.2, 0) is 9.59 Å². The third-order valence-corrected chi connectivity index (χ3v) is 4.20. The molecule has 2 N–H and O–H groups in total. The van der Waals surface area contributed by atoms with E-state index in [9.17, 15) is 9.59 Å². The number of likely N-dealkylation sites (tertiary alicyclic amines) is 1. The van der Waals surface area contributed by atoms with E-state index in [1.165, 1.54) is 0 Å². The third kappa shape index (κ3) is 3.39. The maximum atomic E-state index is 12.1. The largest absolute Gasteiger partial charge is 0.351 e. The summed E-state index contributed by atoms with van der Waals surface area (Å²) in [5, 5.41) is 6.32. The van der Waals surface area contributed by atoms with Gasteiger partial charge in [0.15, 0.2) is 0 Å². The van der Waals surface area contributed by atoms with Crippen molar-refractivity contribution in [3.63, 3.8) is 0 Å². The van der Waals surface area contributed by atoms with Crippen molar-refractivity contribution in [3.8, 4) is 0 Å². The Bertz CT molecular complexity index is 354. The van der Waals surface area contributed by atoms with Crippen LogP contribution in [0, 0.1) is 5.92 Å². The van der Waals surface area contributed by atoms with Gasteiger partial charge in [-0.1, -0.05) is 0 Å².